The van der Waals surface area contributed by atoms with Gasteiger partial charge in [-0.05, 0) is 72.5 Å². The summed E-state index contributed by atoms with van der Waals surface area (Å²) in [7, 11) is 0. The summed E-state index contributed by atoms with van der Waals surface area (Å²) >= 11 is 1.34. The molecule has 3 N–H and O–H groups in total. The lowest BCUT2D eigenvalue weighted by Crippen LogP contribution is -2.36. The van der Waals surface area contributed by atoms with Crippen LogP contribution in [0.1, 0.15) is 45.7 Å². The zero-order valence-corrected chi connectivity index (χ0v) is 21.1. The van der Waals surface area contributed by atoms with Crippen LogP contribution in [-0.4, -0.2) is 39.8 Å². The lowest BCUT2D eigenvalue weighted by molar-refractivity contribution is -0.719. The molecule has 0 unspecified atom stereocenters. The molecule has 3 rings (SSSR count). The Bertz CT molecular complexity index is 1150. The molecule has 8 nitrogen and oxygen atoms in total. The van der Waals surface area contributed by atoms with Gasteiger partial charge in [0.15, 0.2) is 11.5 Å². The fraction of sp³-hybridized carbons (Fsp3) is 0.360. The Morgan fingerprint density at radius 1 is 1.24 bits per heavy atom. The molecule has 0 fully saturated rings. The lowest BCUT2D eigenvalue weighted by Gasteiger charge is -2.18. The van der Waals surface area contributed by atoms with Gasteiger partial charge in [0.1, 0.15) is 0 Å². The Morgan fingerprint density at radius 2 is 1.97 bits per heavy atom. The highest BCUT2D eigenvalue weighted by Gasteiger charge is 2.22. The van der Waals surface area contributed by atoms with E-state index < -0.39 is 0 Å². The molecule has 180 valence electrons. The van der Waals surface area contributed by atoms with Gasteiger partial charge in [-0.1, -0.05) is 32.9 Å². The van der Waals surface area contributed by atoms with Crippen molar-refractivity contribution in [3.8, 4) is 22.9 Å². The number of phenolic OH excluding ortho intramolecular Hbond substituents is 1. The molecule has 3 aromatic rings. The third kappa shape index (κ3) is 6.38. The van der Waals surface area contributed by atoms with Crippen molar-refractivity contribution in [3.63, 3.8) is 0 Å². The lowest BCUT2D eigenvalue weighted by atomic mass is 9.87. The number of amides is 1. The molecular weight excluding hydrogens is 450 g/mol. The van der Waals surface area contributed by atoms with Gasteiger partial charge in [-0.25, -0.2) is 9.99 Å². The zero-order valence-electron chi connectivity index (χ0n) is 20.3. The van der Waals surface area contributed by atoms with Gasteiger partial charge in [0.05, 0.1) is 35.8 Å². The van der Waals surface area contributed by atoms with Crippen LogP contribution in [0.2, 0.25) is 0 Å². The van der Waals surface area contributed by atoms with Crippen LogP contribution >= 0.6 is 11.8 Å². The van der Waals surface area contributed by atoms with Crippen LogP contribution in [0.5, 0.6) is 11.5 Å². The summed E-state index contributed by atoms with van der Waals surface area (Å²) < 4.78 is 7.41. The molecule has 0 bridgehead atoms. The fourth-order valence-corrected chi connectivity index (χ4v) is 4.10. The van der Waals surface area contributed by atoms with E-state index in [1.807, 2.05) is 13.8 Å². The minimum absolute atomic E-state index is 0.0622. The van der Waals surface area contributed by atoms with Gasteiger partial charge in [0, 0.05) is 0 Å². The molecular formula is C25H32N5O3S+. The average molecular weight is 483 g/mol. The van der Waals surface area contributed by atoms with E-state index in [1.165, 1.54) is 29.6 Å². The number of hydrazone groups is 1. The number of benzene rings is 2. The number of aromatic nitrogens is 3. The van der Waals surface area contributed by atoms with Crippen molar-refractivity contribution in [2.45, 2.75) is 51.7 Å². The Hall–Kier alpha value is -3.33. The Morgan fingerprint density at radius 3 is 2.62 bits per heavy atom. The smallest absolute Gasteiger partial charge is 0.337 e. The molecule has 0 radical (unpaired) electrons. The topological polar surface area (TPSA) is 103 Å². The summed E-state index contributed by atoms with van der Waals surface area (Å²) in [6.45, 7) is 11.6. The number of H-pyrrole nitrogens is 1. The van der Waals surface area contributed by atoms with Gasteiger partial charge in [0.25, 0.3) is 11.7 Å². The van der Waals surface area contributed by atoms with Crippen LogP contribution in [0, 0.1) is 0 Å². The van der Waals surface area contributed by atoms with E-state index in [1.54, 1.807) is 12.1 Å². The first-order valence-corrected chi connectivity index (χ1v) is 12.2. The number of hydrogen-bond donors (Lipinski definition) is 3. The van der Waals surface area contributed by atoms with Crippen LogP contribution in [0.3, 0.4) is 0 Å². The number of carbonyl (C=O) groups excluding carboxylic acids is 1. The number of aromatic amines is 1. The van der Waals surface area contributed by atoms with E-state index in [0.29, 0.717) is 17.9 Å². The van der Waals surface area contributed by atoms with Gasteiger partial charge < -0.3 is 9.84 Å². The Kier molecular flexibility index (Phi) is 8.33. The molecule has 0 saturated carbocycles. The van der Waals surface area contributed by atoms with E-state index in [2.05, 4.69) is 70.3 Å². The molecule has 1 aromatic heterocycles. The van der Waals surface area contributed by atoms with Crippen molar-refractivity contribution >= 4 is 23.9 Å². The molecule has 0 spiro atoms. The SMILES string of the molecule is CCOc1cc(C=NNC(=O)CSc2n[nH]c(-c3ccc(C(C)(C)C)cc3)[n+]2CC)ccc1O. The van der Waals surface area contributed by atoms with E-state index in [9.17, 15) is 9.90 Å². The van der Waals surface area contributed by atoms with E-state index >= 15 is 0 Å². The predicted octanol–water partition coefficient (Wildman–Crippen LogP) is 4.03. The van der Waals surface area contributed by atoms with Crippen molar-refractivity contribution in [1.29, 1.82) is 0 Å². The van der Waals surface area contributed by atoms with Crippen molar-refractivity contribution < 1.29 is 19.2 Å². The van der Waals surface area contributed by atoms with Crippen molar-refractivity contribution in [2.75, 3.05) is 12.4 Å². The highest BCUT2D eigenvalue weighted by molar-refractivity contribution is 7.99. The minimum Gasteiger partial charge on any atom is -0.504 e. The minimum atomic E-state index is -0.244. The number of ether oxygens (including phenoxy) is 1. The monoisotopic (exact) mass is 482 g/mol. The number of aromatic hydroxyl groups is 1. The number of phenols is 1. The van der Waals surface area contributed by atoms with E-state index in [-0.39, 0.29) is 22.8 Å². The maximum atomic E-state index is 12.3. The van der Waals surface area contributed by atoms with Gasteiger partial charge in [0.2, 0.25) is 0 Å². The highest BCUT2D eigenvalue weighted by atomic mass is 32.2. The second kappa shape index (κ2) is 11.2. The largest absolute Gasteiger partial charge is 0.504 e. The molecule has 0 aliphatic carbocycles. The summed E-state index contributed by atoms with van der Waals surface area (Å²) in [6.07, 6.45) is 1.50. The number of carbonyl (C=O) groups is 1. The Balaban J connectivity index is 1.60. The zero-order chi connectivity index (χ0) is 24.7. The third-order valence-corrected chi connectivity index (χ3v) is 6.09. The maximum Gasteiger partial charge on any atom is 0.337 e. The average Bonchev–Trinajstić information content (AvgIpc) is 3.22. The second-order valence-corrected chi connectivity index (χ2v) is 9.61. The number of thioether (sulfide) groups is 1. The third-order valence-electron chi connectivity index (χ3n) is 5.12. The van der Waals surface area contributed by atoms with Crippen molar-refractivity contribution in [3.05, 3.63) is 53.6 Å². The van der Waals surface area contributed by atoms with Crippen molar-refractivity contribution in [1.82, 2.24) is 15.6 Å². The molecule has 0 saturated heterocycles. The van der Waals surface area contributed by atoms with E-state index in [4.69, 9.17) is 4.74 Å². The second-order valence-electron chi connectivity index (χ2n) is 8.67. The molecule has 9 heteroatoms. The van der Waals surface area contributed by atoms with Crippen LogP contribution in [0.25, 0.3) is 11.4 Å². The van der Waals surface area contributed by atoms with Crippen LogP contribution in [0.15, 0.2) is 52.7 Å². The summed E-state index contributed by atoms with van der Waals surface area (Å²) in [4.78, 5) is 12.3. The van der Waals surface area contributed by atoms with Crippen LogP contribution in [-0.2, 0) is 16.8 Å². The van der Waals surface area contributed by atoms with Crippen LogP contribution < -0.4 is 14.7 Å². The van der Waals surface area contributed by atoms with E-state index in [0.717, 1.165) is 23.1 Å². The van der Waals surface area contributed by atoms with Crippen molar-refractivity contribution in [2.24, 2.45) is 5.10 Å². The first kappa shape index (κ1) is 25.3. The number of rotatable bonds is 9. The molecule has 2 aromatic carbocycles. The molecule has 1 heterocycles. The normalized spacial score (nSPS) is 11.7. The Labute approximate surface area is 204 Å². The quantitative estimate of drug-likeness (QED) is 0.185. The summed E-state index contributed by atoms with van der Waals surface area (Å²) in [5.41, 5.74) is 5.63. The van der Waals surface area contributed by atoms with Gasteiger partial charge in [-0.3, -0.25) is 4.79 Å². The maximum absolute atomic E-state index is 12.3. The summed E-state index contributed by atoms with van der Waals surface area (Å²) in [5, 5.41) is 22.0. The first-order valence-electron chi connectivity index (χ1n) is 11.2. The molecule has 0 atom stereocenters. The number of hydrogen-bond acceptors (Lipinski definition) is 6. The molecule has 1 amide bonds. The predicted molar refractivity (Wildman–Crippen MR) is 134 cm³/mol. The fourth-order valence-electron chi connectivity index (χ4n) is 3.29. The number of nitrogens with one attached hydrogen (secondary N) is 2. The standard InChI is InChI=1S/C25H31N5O3S/c1-6-30-23(18-9-11-19(12-10-18)25(3,4)5)28-29-24(30)34-16-22(32)27-26-15-17-8-13-20(31)21(14-17)33-7-2/h8-15H,6-7,16H2,1-5H3,(H2,26,27,31,32)/p+1. The van der Waals surface area contributed by atoms with Gasteiger partial charge in [-0.2, -0.15) is 5.10 Å². The summed E-state index contributed by atoms with van der Waals surface area (Å²) in [6, 6.07) is 13.3. The summed E-state index contributed by atoms with van der Waals surface area (Å²) in [5.74, 6) is 1.27. The molecule has 34 heavy (non-hydrogen) atoms. The van der Waals surface area contributed by atoms with Crippen LogP contribution in [0.4, 0.5) is 0 Å². The van der Waals surface area contributed by atoms with Gasteiger partial charge in [-0.15, -0.1) is 5.10 Å². The highest BCUT2D eigenvalue weighted by Crippen LogP contribution is 2.26. The molecule has 0 aliphatic heterocycles. The number of nitrogens with zero attached hydrogens (tertiary/aromatic N) is 3. The molecule has 0 aliphatic rings. The van der Waals surface area contributed by atoms with Gasteiger partial charge >= 0.3 is 5.16 Å². The first-order chi connectivity index (χ1) is 16.2.